The lowest BCUT2D eigenvalue weighted by molar-refractivity contribution is 0.0599. The van der Waals surface area contributed by atoms with Crippen LogP contribution in [0.1, 0.15) is 53.5 Å². The molecule has 0 saturated heterocycles. The first-order valence-electron chi connectivity index (χ1n) is 8.26. The highest BCUT2D eigenvalue weighted by Gasteiger charge is 2.22. The van der Waals surface area contributed by atoms with Gasteiger partial charge in [0.1, 0.15) is 5.82 Å². The molecule has 5 heteroatoms. The normalized spacial score (nSPS) is 14.6. The first-order chi connectivity index (χ1) is 11.1. The van der Waals surface area contributed by atoms with Crippen molar-refractivity contribution in [1.82, 2.24) is 15.2 Å². The zero-order valence-corrected chi connectivity index (χ0v) is 14.0. The number of benzene rings is 1. The Morgan fingerprint density at radius 2 is 2.13 bits per heavy atom. The molecule has 1 fully saturated rings. The number of methoxy groups -OCH3 is 1. The first kappa shape index (κ1) is 15.7. The maximum absolute atomic E-state index is 12.1. The zero-order valence-electron chi connectivity index (χ0n) is 14.0. The van der Waals surface area contributed by atoms with Gasteiger partial charge in [-0.3, -0.25) is 0 Å². The summed E-state index contributed by atoms with van der Waals surface area (Å²) >= 11 is 0. The summed E-state index contributed by atoms with van der Waals surface area (Å²) in [6, 6.07) is 3.99. The van der Waals surface area contributed by atoms with Crippen molar-refractivity contribution in [3.8, 4) is 11.4 Å². The second-order valence-corrected chi connectivity index (χ2v) is 6.27. The molecule has 0 radical (unpaired) electrons. The number of aromatic nitrogens is 3. The smallest absolute Gasteiger partial charge is 0.338 e. The van der Waals surface area contributed by atoms with Crippen LogP contribution in [0.3, 0.4) is 0 Å². The zero-order chi connectivity index (χ0) is 16.4. The number of carbonyl (C=O) groups is 1. The van der Waals surface area contributed by atoms with Gasteiger partial charge in [-0.2, -0.15) is 0 Å². The molecule has 0 amide bonds. The number of rotatable bonds is 5. The maximum atomic E-state index is 12.1. The average molecular weight is 313 g/mol. The first-order valence-corrected chi connectivity index (χ1v) is 8.26. The monoisotopic (exact) mass is 313 g/mol. The highest BCUT2D eigenvalue weighted by Crippen LogP contribution is 2.33. The summed E-state index contributed by atoms with van der Waals surface area (Å²) in [7, 11) is 1.42. The summed E-state index contributed by atoms with van der Waals surface area (Å²) in [6.45, 7) is 4.03. The molecule has 0 bridgehead atoms. The van der Waals surface area contributed by atoms with Crippen LogP contribution in [0.25, 0.3) is 11.4 Å². The summed E-state index contributed by atoms with van der Waals surface area (Å²) in [5.41, 5.74) is 3.75. The van der Waals surface area contributed by atoms with Crippen molar-refractivity contribution in [3.05, 3.63) is 34.6 Å². The number of ether oxygens (including phenoxy) is 1. The number of hydrogen-bond donors (Lipinski definition) is 1. The second-order valence-electron chi connectivity index (χ2n) is 6.27. The van der Waals surface area contributed by atoms with E-state index in [9.17, 15) is 4.79 Å². The molecule has 23 heavy (non-hydrogen) atoms. The lowest BCUT2D eigenvalue weighted by Crippen LogP contribution is -2.16. The van der Waals surface area contributed by atoms with Gasteiger partial charge in [0.15, 0.2) is 5.82 Å². The minimum Gasteiger partial charge on any atom is -0.465 e. The quantitative estimate of drug-likeness (QED) is 0.858. The Balaban J connectivity index is 2.03. The standard InChI is InChI=1S/C18H23N3O2/c1-4-16-19-17(21-20-16)14-9-13(8-12-6-5-7-12)11(2)15(10-14)18(22)23-3/h9-10,12H,4-8H2,1-3H3,(H,19,20,21). The molecule has 1 aromatic heterocycles. The molecule has 0 aliphatic heterocycles. The lowest BCUT2D eigenvalue weighted by Gasteiger charge is -2.26. The van der Waals surface area contributed by atoms with E-state index >= 15 is 0 Å². The molecule has 1 aromatic carbocycles. The molecule has 122 valence electrons. The van der Waals surface area contributed by atoms with E-state index in [4.69, 9.17) is 4.74 Å². The molecule has 1 aliphatic rings. The third-order valence-corrected chi connectivity index (χ3v) is 4.80. The van der Waals surface area contributed by atoms with E-state index < -0.39 is 0 Å². The average Bonchev–Trinajstić information content (AvgIpc) is 3.00. The molecule has 1 N–H and O–H groups in total. The maximum Gasteiger partial charge on any atom is 0.338 e. The summed E-state index contributed by atoms with van der Waals surface area (Å²) in [4.78, 5) is 15.3. The van der Waals surface area contributed by atoms with Crippen molar-refractivity contribution in [3.63, 3.8) is 0 Å². The van der Waals surface area contributed by atoms with E-state index in [1.165, 1.54) is 31.9 Å². The van der Waals surface area contributed by atoms with Crippen LogP contribution in [0.2, 0.25) is 0 Å². The van der Waals surface area contributed by atoms with E-state index in [1.807, 2.05) is 19.9 Å². The second kappa shape index (κ2) is 6.52. The van der Waals surface area contributed by atoms with E-state index in [-0.39, 0.29) is 5.97 Å². The van der Waals surface area contributed by atoms with Gasteiger partial charge in [-0.1, -0.05) is 26.2 Å². The van der Waals surface area contributed by atoms with Crippen LogP contribution in [0.15, 0.2) is 12.1 Å². The Labute approximate surface area is 136 Å². The number of carbonyl (C=O) groups excluding carboxylic acids is 1. The Morgan fingerprint density at radius 3 is 2.70 bits per heavy atom. The summed E-state index contributed by atoms with van der Waals surface area (Å²) < 4.78 is 4.95. The van der Waals surface area contributed by atoms with Crippen molar-refractivity contribution in [2.24, 2.45) is 5.92 Å². The van der Waals surface area contributed by atoms with Gasteiger partial charge in [0.25, 0.3) is 0 Å². The number of aromatic amines is 1. The van der Waals surface area contributed by atoms with Crippen LogP contribution in [0.4, 0.5) is 0 Å². The van der Waals surface area contributed by atoms with Crippen LogP contribution in [-0.4, -0.2) is 28.3 Å². The number of aryl methyl sites for hydroxylation is 1. The van der Waals surface area contributed by atoms with Crippen LogP contribution in [0, 0.1) is 12.8 Å². The lowest BCUT2D eigenvalue weighted by atomic mass is 9.79. The minimum atomic E-state index is -0.297. The Kier molecular flexibility index (Phi) is 4.46. The number of nitrogens with one attached hydrogen (secondary N) is 1. The third-order valence-electron chi connectivity index (χ3n) is 4.80. The Bertz CT molecular complexity index is 717. The number of H-pyrrole nitrogens is 1. The van der Waals surface area contributed by atoms with Crippen molar-refractivity contribution in [2.45, 2.75) is 46.0 Å². The highest BCUT2D eigenvalue weighted by molar-refractivity contribution is 5.92. The topological polar surface area (TPSA) is 67.9 Å². The molecule has 0 unspecified atom stereocenters. The fourth-order valence-corrected chi connectivity index (χ4v) is 3.04. The molecule has 1 saturated carbocycles. The predicted octanol–water partition coefficient (Wildman–Crippen LogP) is 3.47. The molecular weight excluding hydrogens is 290 g/mol. The van der Waals surface area contributed by atoms with Crippen molar-refractivity contribution < 1.29 is 9.53 Å². The number of esters is 1. The van der Waals surface area contributed by atoms with E-state index in [1.54, 1.807) is 0 Å². The SMILES string of the molecule is CCc1nnc(-c2cc(CC3CCC3)c(C)c(C(=O)OC)c2)[nH]1. The molecule has 0 atom stereocenters. The van der Waals surface area contributed by atoms with Crippen molar-refractivity contribution >= 4 is 5.97 Å². The van der Waals surface area contributed by atoms with Gasteiger partial charge in [-0.15, -0.1) is 10.2 Å². The van der Waals surface area contributed by atoms with Gasteiger partial charge >= 0.3 is 5.97 Å². The van der Waals surface area contributed by atoms with E-state index in [0.717, 1.165) is 35.7 Å². The van der Waals surface area contributed by atoms with Gasteiger partial charge in [-0.25, -0.2) is 4.79 Å². The van der Waals surface area contributed by atoms with Crippen LogP contribution < -0.4 is 0 Å². The van der Waals surface area contributed by atoms with Gasteiger partial charge in [0.05, 0.1) is 12.7 Å². The van der Waals surface area contributed by atoms with Gasteiger partial charge in [0.2, 0.25) is 0 Å². The van der Waals surface area contributed by atoms with Crippen LogP contribution in [0.5, 0.6) is 0 Å². The van der Waals surface area contributed by atoms with E-state index in [0.29, 0.717) is 11.4 Å². The molecule has 2 aromatic rings. The van der Waals surface area contributed by atoms with E-state index in [2.05, 4.69) is 21.2 Å². The third kappa shape index (κ3) is 3.14. The molecule has 3 rings (SSSR count). The highest BCUT2D eigenvalue weighted by atomic mass is 16.5. The summed E-state index contributed by atoms with van der Waals surface area (Å²) in [5, 5.41) is 8.33. The summed E-state index contributed by atoms with van der Waals surface area (Å²) in [5.74, 6) is 1.99. The van der Waals surface area contributed by atoms with Gasteiger partial charge in [-0.05, 0) is 42.5 Å². The van der Waals surface area contributed by atoms with Gasteiger partial charge < -0.3 is 9.72 Å². The number of nitrogens with zero attached hydrogens (tertiary/aromatic N) is 2. The fraction of sp³-hybridized carbons (Fsp3) is 0.500. The molecule has 5 nitrogen and oxygen atoms in total. The molecule has 1 heterocycles. The predicted molar refractivity (Wildman–Crippen MR) is 88.3 cm³/mol. The summed E-state index contributed by atoms with van der Waals surface area (Å²) in [6.07, 6.45) is 5.68. The van der Waals surface area contributed by atoms with Crippen molar-refractivity contribution in [1.29, 1.82) is 0 Å². The Hall–Kier alpha value is -2.17. The van der Waals surface area contributed by atoms with Crippen LogP contribution in [-0.2, 0) is 17.6 Å². The fourth-order valence-electron chi connectivity index (χ4n) is 3.04. The van der Waals surface area contributed by atoms with Gasteiger partial charge in [0, 0.05) is 12.0 Å². The minimum absolute atomic E-state index is 0.297. The van der Waals surface area contributed by atoms with Crippen LogP contribution >= 0.6 is 0 Å². The molecule has 1 aliphatic carbocycles. The number of hydrogen-bond acceptors (Lipinski definition) is 4. The molecule has 0 spiro atoms. The Morgan fingerprint density at radius 1 is 1.35 bits per heavy atom. The largest absolute Gasteiger partial charge is 0.465 e. The van der Waals surface area contributed by atoms with Crippen molar-refractivity contribution in [2.75, 3.05) is 7.11 Å². The molecular formula is C18H23N3O2.